The first-order valence-corrected chi connectivity index (χ1v) is 10.0. The molecule has 0 spiro atoms. The summed E-state index contributed by atoms with van der Waals surface area (Å²) in [5, 5.41) is 0. The molecular formula is C12H16ClNO4S2. The lowest BCUT2D eigenvalue weighted by atomic mass is 10.1. The highest BCUT2D eigenvalue weighted by Crippen LogP contribution is 2.48. The van der Waals surface area contributed by atoms with Crippen molar-refractivity contribution in [3.05, 3.63) is 24.3 Å². The predicted molar refractivity (Wildman–Crippen MR) is 76.6 cm³/mol. The first-order chi connectivity index (χ1) is 9.19. The van der Waals surface area contributed by atoms with Crippen molar-refractivity contribution >= 4 is 29.8 Å². The van der Waals surface area contributed by atoms with E-state index in [0.29, 0.717) is 6.54 Å². The second-order valence-corrected chi connectivity index (χ2v) is 9.42. The van der Waals surface area contributed by atoms with Gasteiger partial charge < -0.3 is 0 Å². The second-order valence-electron chi connectivity index (χ2n) is 5.09. The van der Waals surface area contributed by atoms with Crippen LogP contribution in [0.3, 0.4) is 0 Å². The van der Waals surface area contributed by atoms with Crippen molar-refractivity contribution in [2.45, 2.75) is 36.0 Å². The zero-order chi connectivity index (χ0) is 15.0. The van der Waals surface area contributed by atoms with Crippen LogP contribution in [0.4, 0.5) is 0 Å². The molecule has 0 atom stereocenters. The van der Waals surface area contributed by atoms with Gasteiger partial charge in [0.2, 0.25) is 10.0 Å². The molecule has 1 aliphatic carbocycles. The minimum Gasteiger partial charge on any atom is -0.211 e. The predicted octanol–water partition coefficient (Wildman–Crippen LogP) is 2.08. The highest BCUT2D eigenvalue weighted by Gasteiger charge is 2.41. The van der Waals surface area contributed by atoms with Gasteiger partial charge in [-0.2, -0.15) is 0 Å². The number of halogens is 1. The van der Waals surface area contributed by atoms with E-state index in [1.54, 1.807) is 0 Å². The SMILES string of the molecule is CCC1(CNS(=O)(=O)c2ccc(S(=O)(=O)Cl)cc2)CC1. The number of nitrogens with one attached hydrogen (secondary N) is 1. The summed E-state index contributed by atoms with van der Waals surface area (Å²) >= 11 is 0. The maximum atomic E-state index is 12.1. The van der Waals surface area contributed by atoms with Crippen molar-refractivity contribution in [2.24, 2.45) is 5.41 Å². The number of hydrogen-bond donors (Lipinski definition) is 1. The molecule has 0 amide bonds. The summed E-state index contributed by atoms with van der Waals surface area (Å²) in [6.45, 7) is 2.46. The fourth-order valence-corrected chi connectivity index (χ4v) is 3.87. The van der Waals surface area contributed by atoms with Gasteiger partial charge in [-0.1, -0.05) is 6.92 Å². The van der Waals surface area contributed by atoms with Gasteiger partial charge in [0, 0.05) is 17.2 Å². The maximum Gasteiger partial charge on any atom is 0.261 e. The Morgan fingerprint density at radius 2 is 1.60 bits per heavy atom. The molecule has 1 aromatic rings. The van der Waals surface area contributed by atoms with E-state index in [1.807, 2.05) is 6.92 Å². The summed E-state index contributed by atoms with van der Waals surface area (Å²) in [6, 6.07) is 4.85. The average Bonchev–Trinajstić information content (AvgIpc) is 3.16. The molecule has 1 saturated carbocycles. The molecule has 0 unspecified atom stereocenters. The van der Waals surface area contributed by atoms with Crippen LogP contribution < -0.4 is 4.72 Å². The molecule has 112 valence electrons. The van der Waals surface area contributed by atoms with E-state index in [9.17, 15) is 16.8 Å². The molecule has 1 fully saturated rings. The molecule has 8 heteroatoms. The van der Waals surface area contributed by atoms with Crippen LogP contribution in [0.1, 0.15) is 26.2 Å². The Balaban J connectivity index is 2.14. The van der Waals surface area contributed by atoms with Crippen LogP contribution in [-0.2, 0) is 19.1 Å². The molecule has 1 aliphatic rings. The molecule has 2 rings (SSSR count). The van der Waals surface area contributed by atoms with Crippen LogP contribution in [-0.4, -0.2) is 23.4 Å². The van der Waals surface area contributed by atoms with Crippen LogP contribution in [0.15, 0.2) is 34.1 Å². The highest BCUT2D eigenvalue weighted by atomic mass is 35.7. The van der Waals surface area contributed by atoms with Crippen molar-refractivity contribution in [1.29, 1.82) is 0 Å². The molecule has 0 radical (unpaired) electrons. The molecule has 0 saturated heterocycles. The summed E-state index contributed by atoms with van der Waals surface area (Å²) in [7, 11) is -2.27. The largest absolute Gasteiger partial charge is 0.261 e. The minimum atomic E-state index is -3.84. The van der Waals surface area contributed by atoms with Gasteiger partial charge in [0.1, 0.15) is 0 Å². The Morgan fingerprint density at radius 1 is 1.10 bits per heavy atom. The Kier molecular flexibility index (Phi) is 4.17. The Bertz CT molecular complexity index is 691. The van der Waals surface area contributed by atoms with Crippen molar-refractivity contribution in [2.75, 3.05) is 6.54 Å². The van der Waals surface area contributed by atoms with Crippen LogP contribution in [0.5, 0.6) is 0 Å². The molecular weight excluding hydrogens is 322 g/mol. The first-order valence-electron chi connectivity index (χ1n) is 6.23. The van der Waals surface area contributed by atoms with Gasteiger partial charge in [-0.25, -0.2) is 21.6 Å². The van der Waals surface area contributed by atoms with Crippen LogP contribution in [0.2, 0.25) is 0 Å². The third-order valence-electron chi connectivity index (χ3n) is 3.76. The molecule has 0 heterocycles. The molecule has 5 nitrogen and oxygen atoms in total. The zero-order valence-corrected chi connectivity index (χ0v) is 13.4. The minimum absolute atomic E-state index is 0.0356. The fourth-order valence-electron chi connectivity index (χ4n) is 1.94. The van der Waals surface area contributed by atoms with Crippen molar-refractivity contribution in [3.8, 4) is 0 Å². The number of hydrogen-bond acceptors (Lipinski definition) is 4. The quantitative estimate of drug-likeness (QED) is 0.806. The Hall–Kier alpha value is -0.630. The zero-order valence-electron chi connectivity index (χ0n) is 11.0. The van der Waals surface area contributed by atoms with Crippen LogP contribution >= 0.6 is 10.7 Å². The highest BCUT2D eigenvalue weighted by molar-refractivity contribution is 8.13. The standard InChI is InChI=1S/C12H16ClNO4S2/c1-2-12(7-8-12)9-14-20(17,18)11-5-3-10(4-6-11)19(13,15)16/h3-6,14H,2,7-9H2,1H3. The average molecular weight is 338 g/mol. The molecule has 1 N–H and O–H groups in total. The normalized spacial score (nSPS) is 17.9. The molecule has 0 bridgehead atoms. The third-order valence-corrected chi connectivity index (χ3v) is 6.55. The fraction of sp³-hybridized carbons (Fsp3) is 0.500. The van der Waals surface area contributed by atoms with Gasteiger partial charge in [0.05, 0.1) is 9.79 Å². The number of benzene rings is 1. The Morgan fingerprint density at radius 3 is 2.00 bits per heavy atom. The van der Waals surface area contributed by atoms with E-state index in [-0.39, 0.29) is 15.2 Å². The van der Waals surface area contributed by atoms with Gasteiger partial charge >= 0.3 is 0 Å². The molecule has 20 heavy (non-hydrogen) atoms. The Labute approximate surface area is 123 Å². The lowest BCUT2D eigenvalue weighted by Crippen LogP contribution is -2.30. The van der Waals surface area contributed by atoms with Gasteiger partial charge in [-0.05, 0) is 48.9 Å². The van der Waals surface area contributed by atoms with Crippen molar-refractivity contribution in [3.63, 3.8) is 0 Å². The summed E-state index contributed by atoms with van der Waals surface area (Å²) in [5.74, 6) is 0. The summed E-state index contributed by atoms with van der Waals surface area (Å²) in [4.78, 5) is -0.0844. The second kappa shape index (κ2) is 5.29. The van der Waals surface area contributed by atoms with E-state index < -0.39 is 19.1 Å². The number of sulfonamides is 1. The smallest absolute Gasteiger partial charge is 0.211 e. The van der Waals surface area contributed by atoms with E-state index in [4.69, 9.17) is 10.7 Å². The van der Waals surface area contributed by atoms with E-state index in [2.05, 4.69) is 4.72 Å². The van der Waals surface area contributed by atoms with Crippen molar-refractivity contribution < 1.29 is 16.8 Å². The summed E-state index contributed by atoms with van der Waals surface area (Å²) < 4.78 is 49.0. The first kappa shape index (κ1) is 15.8. The topological polar surface area (TPSA) is 80.3 Å². The van der Waals surface area contributed by atoms with Gasteiger partial charge in [0.25, 0.3) is 9.05 Å². The van der Waals surface area contributed by atoms with E-state index in [0.717, 1.165) is 19.3 Å². The summed E-state index contributed by atoms with van der Waals surface area (Å²) in [5.41, 5.74) is 0.104. The lowest BCUT2D eigenvalue weighted by molar-refractivity contribution is 0.475. The van der Waals surface area contributed by atoms with E-state index >= 15 is 0 Å². The monoisotopic (exact) mass is 337 g/mol. The molecule has 1 aromatic carbocycles. The van der Waals surface area contributed by atoms with Gasteiger partial charge in [-0.15, -0.1) is 0 Å². The maximum absolute atomic E-state index is 12.1. The van der Waals surface area contributed by atoms with Crippen molar-refractivity contribution in [1.82, 2.24) is 4.72 Å². The summed E-state index contributed by atoms with van der Waals surface area (Å²) in [6.07, 6.45) is 3.02. The molecule has 0 aliphatic heterocycles. The third kappa shape index (κ3) is 3.52. The number of rotatable bonds is 6. The van der Waals surface area contributed by atoms with Crippen LogP contribution in [0, 0.1) is 5.41 Å². The van der Waals surface area contributed by atoms with Gasteiger partial charge in [0.15, 0.2) is 0 Å². The molecule has 0 aromatic heterocycles. The van der Waals surface area contributed by atoms with Crippen LogP contribution in [0.25, 0.3) is 0 Å². The van der Waals surface area contributed by atoms with E-state index in [1.165, 1.54) is 24.3 Å². The van der Waals surface area contributed by atoms with Gasteiger partial charge in [-0.3, -0.25) is 0 Å². The lowest BCUT2D eigenvalue weighted by Gasteiger charge is -2.13.